The number of nitrogens with two attached hydrogens (primary N) is 2. The molecule has 2 atom stereocenters. The van der Waals surface area contributed by atoms with Gasteiger partial charge in [0.2, 0.25) is 11.8 Å². The number of nitrogens with one attached hydrogen (secondary N) is 1. The molecule has 6 heteroatoms. The lowest BCUT2D eigenvalue weighted by Crippen LogP contribution is -2.25. The second kappa shape index (κ2) is 14.3. The van der Waals surface area contributed by atoms with Crippen LogP contribution in [0.25, 0.3) is 10.8 Å². The van der Waals surface area contributed by atoms with E-state index in [4.69, 9.17) is 11.5 Å². The molecule has 2 amide bonds. The van der Waals surface area contributed by atoms with E-state index in [9.17, 15) is 9.59 Å². The van der Waals surface area contributed by atoms with E-state index >= 15 is 0 Å². The molecule has 0 spiro atoms. The number of nitrogens with zero attached hydrogens (tertiary/aromatic N) is 1. The molecule has 2 aromatic carbocycles. The summed E-state index contributed by atoms with van der Waals surface area (Å²) in [4.78, 5) is 25.2. The number of allylic oxidation sites excluding steroid dienone is 14. The summed E-state index contributed by atoms with van der Waals surface area (Å²) in [6, 6.07) is 12.6. The van der Waals surface area contributed by atoms with Crippen molar-refractivity contribution in [2.45, 2.75) is 44.9 Å². The molecule has 0 fully saturated rings. The zero-order valence-electron chi connectivity index (χ0n) is 26.3. The molecule has 0 bridgehead atoms. The Hall–Kier alpha value is -4.84. The van der Waals surface area contributed by atoms with Gasteiger partial charge in [-0.2, -0.15) is 0 Å². The summed E-state index contributed by atoms with van der Waals surface area (Å²) in [5.74, 6) is 0.164. The van der Waals surface area contributed by atoms with Crippen LogP contribution in [0.1, 0.15) is 45.1 Å². The molecule has 5 rings (SSSR count). The van der Waals surface area contributed by atoms with Gasteiger partial charge in [0.05, 0.1) is 0 Å². The minimum Gasteiger partial charge on any atom is -0.384 e. The zero-order valence-corrected chi connectivity index (χ0v) is 26.3. The third-order valence-electron chi connectivity index (χ3n) is 8.77. The molecule has 6 nitrogen and oxygen atoms in total. The first-order valence-electron chi connectivity index (χ1n) is 15.8. The number of fused-ring (bicyclic) bond motifs is 3. The SMILES string of the molecule is CC(C)(C/C=C/C=C/C=C/C=C1\CC2=C(C=CC3C=CC=CC23)N1CCC(N)=O)c1c(NCCC(N)=O)ccc2ccccc12. The summed E-state index contributed by atoms with van der Waals surface area (Å²) in [5, 5.41) is 5.85. The Morgan fingerprint density at radius 2 is 1.69 bits per heavy atom. The molecule has 0 saturated heterocycles. The van der Waals surface area contributed by atoms with Gasteiger partial charge < -0.3 is 21.7 Å². The van der Waals surface area contributed by atoms with Gasteiger partial charge in [-0.05, 0) is 52.0 Å². The highest BCUT2D eigenvalue weighted by molar-refractivity contribution is 5.91. The first-order valence-corrected chi connectivity index (χ1v) is 15.8. The van der Waals surface area contributed by atoms with Crippen LogP contribution in [0.5, 0.6) is 0 Å². The van der Waals surface area contributed by atoms with Crippen molar-refractivity contribution in [2.24, 2.45) is 23.3 Å². The van der Waals surface area contributed by atoms with Crippen LogP contribution >= 0.6 is 0 Å². The summed E-state index contributed by atoms with van der Waals surface area (Å²) in [6.45, 7) is 5.60. The first kappa shape index (κ1) is 31.6. The number of benzene rings is 2. The molecule has 45 heavy (non-hydrogen) atoms. The highest BCUT2D eigenvalue weighted by atomic mass is 16.1. The van der Waals surface area contributed by atoms with Crippen LogP contribution in [-0.2, 0) is 15.0 Å². The number of rotatable bonds is 13. The maximum atomic E-state index is 11.6. The minimum atomic E-state index is -0.312. The number of carbonyl (C=O) groups is 2. The molecule has 0 saturated carbocycles. The normalized spacial score (nSPS) is 20.3. The van der Waals surface area contributed by atoms with E-state index in [1.54, 1.807) is 0 Å². The van der Waals surface area contributed by atoms with Gasteiger partial charge in [0.1, 0.15) is 0 Å². The van der Waals surface area contributed by atoms with Gasteiger partial charge in [-0.1, -0.05) is 111 Å². The molecular formula is C39H44N4O2. The van der Waals surface area contributed by atoms with Gasteiger partial charge in [-0.15, -0.1) is 0 Å². The van der Waals surface area contributed by atoms with Crippen LogP contribution in [-0.4, -0.2) is 29.8 Å². The third-order valence-corrected chi connectivity index (χ3v) is 8.77. The highest BCUT2D eigenvalue weighted by Gasteiger charge is 2.34. The lowest BCUT2D eigenvalue weighted by atomic mass is 9.78. The van der Waals surface area contributed by atoms with Gasteiger partial charge in [0, 0.05) is 61.3 Å². The van der Waals surface area contributed by atoms with Crippen molar-refractivity contribution in [3.63, 3.8) is 0 Å². The Morgan fingerprint density at radius 1 is 0.933 bits per heavy atom. The van der Waals surface area contributed by atoms with E-state index < -0.39 is 0 Å². The molecule has 5 N–H and O–H groups in total. The fourth-order valence-corrected chi connectivity index (χ4v) is 6.56. The molecular weight excluding hydrogens is 556 g/mol. The fraction of sp³-hybridized carbons (Fsp3) is 0.282. The van der Waals surface area contributed by atoms with E-state index in [2.05, 4.69) is 127 Å². The second-order valence-electron chi connectivity index (χ2n) is 12.5. The highest BCUT2D eigenvalue weighted by Crippen LogP contribution is 2.44. The summed E-state index contributed by atoms with van der Waals surface area (Å²) in [5.41, 5.74) is 16.8. The maximum absolute atomic E-state index is 11.6. The Balaban J connectivity index is 1.24. The lowest BCUT2D eigenvalue weighted by molar-refractivity contribution is -0.118. The van der Waals surface area contributed by atoms with Crippen LogP contribution in [0.4, 0.5) is 5.69 Å². The van der Waals surface area contributed by atoms with Gasteiger partial charge in [0.25, 0.3) is 0 Å². The van der Waals surface area contributed by atoms with E-state index in [0.717, 1.165) is 18.5 Å². The number of amides is 2. The van der Waals surface area contributed by atoms with Gasteiger partial charge >= 0.3 is 0 Å². The van der Waals surface area contributed by atoms with Crippen molar-refractivity contribution in [3.05, 3.63) is 138 Å². The van der Waals surface area contributed by atoms with Crippen LogP contribution in [0.3, 0.4) is 0 Å². The number of anilines is 1. The molecule has 1 aliphatic heterocycles. The summed E-state index contributed by atoms with van der Waals surface area (Å²) in [6.07, 6.45) is 30.2. The van der Waals surface area contributed by atoms with Crippen molar-refractivity contribution in [3.8, 4) is 0 Å². The number of primary amides is 2. The Labute approximate surface area is 266 Å². The van der Waals surface area contributed by atoms with Crippen molar-refractivity contribution in [2.75, 3.05) is 18.4 Å². The predicted octanol–water partition coefficient (Wildman–Crippen LogP) is 7.11. The van der Waals surface area contributed by atoms with E-state index in [-0.39, 0.29) is 17.2 Å². The van der Waals surface area contributed by atoms with Gasteiger partial charge in [-0.3, -0.25) is 9.59 Å². The molecule has 0 aromatic heterocycles. The van der Waals surface area contributed by atoms with Crippen molar-refractivity contribution >= 4 is 28.3 Å². The molecule has 2 aliphatic carbocycles. The topological polar surface area (TPSA) is 101 Å². The van der Waals surface area contributed by atoms with E-state index in [1.807, 2.05) is 12.2 Å². The van der Waals surface area contributed by atoms with Crippen molar-refractivity contribution in [1.29, 1.82) is 0 Å². The lowest BCUT2D eigenvalue weighted by Gasteiger charge is -2.29. The quantitative estimate of drug-likeness (QED) is 0.213. The monoisotopic (exact) mass is 600 g/mol. The Bertz CT molecular complexity index is 1680. The van der Waals surface area contributed by atoms with Crippen molar-refractivity contribution in [1.82, 2.24) is 4.90 Å². The fourth-order valence-electron chi connectivity index (χ4n) is 6.56. The number of hydrogen-bond acceptors (Lipinski definition) is 4. The van der Waals surface area contributed by atoms with Gasteiger partial charge in [0.15, 0.2) is 0 Å². The Morgan fingerprint density at radius 3 is 2.51 bits per heavy atom. The van der Waals surface area contributed by atoms with E-state index in [1.165, 1.54) is 33.3 Å². The van der Waals surface area contributed by atoms with Crippen LogP contribution < -0.4 is 16.8 Å². The summed E-state index contributed by atoms with van der Waals surface area (Å²) in [7, 11) is 0. The van der Waals surface area contributed by atoms with E-state index in [0.29, 0.717) is 37.8 Å². The van der Waals surface area contributed by atoms with Gasteiger partial charge in [-0.25, -0.2) is 0 Å². The largest absolute Gasteiger partial charge is 0.384 e. The average molecular weight is 601 g/mol. The third kappa shape index (κ3) is 7.63. The molecule has 1 heterocycles. The Kier molecular flexibility index (Phi) is 10.0. The first-order chi connectivity index (χ1) is 21.7. The summed E-state index contributed by atoms with van der Waals surface area (Å²) < 4.78 is 0. The second-order valence-corrected chi connectivity index (χ2v) is 12.5. The maximum Gasteiger partial charge on any atom is 0.219 e. The number of carbonyl (C=O) groups excluding carboxylic acids is 2. The molecule has 2 aromatic rings. The smallest absolute Gasteiger partial charge is 0.219 e. The predicted molar refractivity (Wildman–Crippen MR) is 186 cm³/mol. The van der Waals surface area contributed by atoms with Crippen LogP contribution in [0, 0.1) is 11.8 Å². The zero-order chi connectivity index (χ0) is 31.8. The van der Waals surface area contributed by atoms with Crippen molar-refractivity contribution < 1.29 is 9.59 Å². The molecule has 2 unspecified atom stereocenters. The number of hydrogen-bond donors (Lipinski definition) is 3. The van der Waals surface area contributed by atoms with Crippen LogP contribution in [0.2, 0.25) is 0 Å². The molecule has 0 radical (unpaired) electrons. The molecule has 3 aliphatic rings. The summed E-state index contributed by atoms with van der Waals surface area (Å²) >= 11 is 0. The van der Waals surface area contributed by atoms with Crippen LogP contribution in [0.15, 0.2) is 132 Å². The minimum absolute atomic E-state index is 0.153. The molecule has 232 valence electrons. The average Bonchev–Trinajstić information content (AvgIpc) is 3.38. The standard InChI is InChI=1S/C39H44N4O2/c1-39(2,38-32-17-11-9-14-29(32)18-20-34(38)42-25-22-36(40)44)24-12-6-4-3-5-7-15-30-27-33-31-16-10-8-13-28(31)19-21-35(33)43(30)26-23-37(41)45/h3-21,28,31,42H,22-27H2,1-2H3,(H2,40,44)(H2,41,45)/b4-3+,7-5+,12-6+,30-15+.